The zero-order chi connectivity index (χ0) is 24.5. The Labute approximate surface area is 203 Å². The first-order chi connectivity index (χ1) is 16.9. The minimum absolute atomic E-state index is 0.0286. The number of hydrogen-bond acceptors (Lipinski definition) is 5. The maximum absolute atomic E-state index is 12.3. The number of carbonyl (C=O) groups is 3. The maximum atomic E-state index is 12.3. The molecule has 5 atom stereocenters. The fourth-order valence-electron chi connectivity index (χ4n) is 6.00. The molecular weight excluding hydrogens is 448 g/mol. The predicted octanol–water partition coefficient (Wildman–Crippen LogP) is 2.89. The van der Waals surface area contributed by atoms with E-state index in [9.17, 15) is 24.6 Å². The molecule has 0 radical (unpaired) electrons. The van der Waals surface area contributed by atoms with Gasteiger partial charge in [0.25, 0.3) is 0 Å². The number of aliphatic hydroxyl groups is 1. The Morgan fingerprint density at radius 1 is 0.971 bits per heavy atom. The van der Waals surface area contributed by atoms with Crippen LogP contribution in [0.3, 0.4) is 0 Å². The van der Waals surface area contributed by atoms with Gasteiger partial charge in [0.15, 0.2) is 0 Å². The van der Waals surface area contributed by atoms with Crippen LogP contribution in [0.15, 0.2) is 48.5 Å². The number of aliphatic hydroxyl groups excluding tert-OH is 1. The summed E-state index contributed by atoms with van der Waals surface area (Å²) < 4.78 is 5.45. The van der Waals surface area contributed by atoms with Gasteiger partial charge in [0.1, 0.15) is 6.61 Å². The number of carboxylic acids is 1. The lowest BCUT2D eigenvalue weighted by Gasteiger charge is -2.40. The minimum atomic E-state index is -1.04. The van der Waals surface area contributed by atoms with Crippen LogP contribution in [0.5, 0.6) is 0 Å². The second-order valence-corrected chi connectivity index (χ2v) is 9.90. The molecule has 2 aromatic rings. The van der Waals surface area contributed by atoms with Crippen molar-refractivity contribution in [3.63, 3.8) is 0 Å². The van der Waals surface area contributed by atoms with Crippen LogP contribution in [0, 0.1) is 17.8 Å². The third kappa shape index (κ3) is 4.75. The van der Waals surface area contributed by atoms with Crippen LogP contribution in [0.2, 0.25) is 0 Å². The summed E-state index contributed by atoms with van der Waals surface area (Å²) in [5.41, 5.74) is 4.53. The summed E-state index contributed by atoms with van der Waals surface area (Å²) in [5, 5.41) is 24.8. The highest BCUT2D eigenvalue weighted by Crippen LogP contribution is 2.49. The maximum Gasteiger partial charge on any atom is 0.407 e. The number of rotatable bonds is 8. The standard InChI is InChI=1S/C27H30N2O6/c30-17(12-25(31)29-24-11-15-9-16(26(32)33)10-22(15)24)13-28-27(34)35-14-23-20-7-3-1-5-18(20)19-6-2-4-8-21(19)23/h1-8,15-17,22-24,30H,9-14H2,(H,28,34)(H,29,31)(H,32,33)/t15-,16?,17?,22-,24+/m0/s1. The SMILES string of the molecule is O=C(CC(O)CNC(=O)OCC1c2ccccc2-c2ccccc21)N[C@@H]1C[C@@H]2CC(C(=O)O)C[C@@H]21. The molecule has 2 aromatic carbocycles. The highest BCUT2D eigenvalue weighted by molar-refractivity contribution is 5.79. The monoisotopic (exact) mass is 478 g/mol. The van der Waals surface area contributed by atoms with Crippen LogP contribution in [0.4, 0.5) is 4.79 Å². The number of ether oxygens (including phenoxy) is 1. The summed E-state index contributed by atoms with van der Waals surface area (Å²) in [6.07, 6.45) is 0.241. The van der Waals surface area contributed by atoms with Crippen molar-refractivity contribution in [2.45, 2.75) is 43.7 Å². The molecule has 0 bridgehead atoms. The van der Waals surface area contributed by atoms with Gasteiger partial charge in [-0.1, -0.05) is 48.5 Å². The number of benzene rings is 2. The van der Waals surface area contributed by atoms with Crippen LogP contribution >= 0.6 is 0 Å². The van der Waals surface area contributed by atoms with E-state index in [4.69, 9.17) is 4.74 Å². The number of carboxylic acid groups (broad SMARTS) is 1. The van der Waals surface area contributed by atoms with E-state index in [1.54, 1.807) is 0 Å². The van der Waals surface area contributed by atoms with E-state index >= 15 is 0 Å². The molecule has 0 spiro atoms. The molecule has 2 amide bonds. The second-order valence-electron chi connectivity index (χ2n) is 9.90. The minimum Gasteiger partial charge on any atom is -0.481 e. The van der Waals surface area contributed by atoms with Crippen molar-refractivity contribution in [1.82, 2.24) is 10.6 Å². The molecule has 3 aliphatic rings. The van der Waals surface area contributed by atoms with E-state index in [1.807, 2.05) is 36.4 Å². The number of nitrogens with one attached hydrogen (secondary N) is 2. The lowest BCUT2D eigenvalue weighted by atomic mass is 9.71. The van der Waals surface area contributed by atoms with Crippen LogP contribution < -0.4 is 10.6 Å². The van der Waals surface area contributed by atoms with E-state index in [-0.39, 0.29) is 49.3 Å². The zero-order valence-electron chi connectivity index (χ0n) is 19.4. The quantitative estimate of drug-likeness (QED) is 0.462. The van der Waals surface area contributed by atoms with Gasteiger partial charge in [-0.05, 0) is 53.4 Å². The summed E-state index contributed by atoms with van der Waals surface area (Å²) in [6.45, 7) is 0.0832. The number of alkyl carbamates (subject to hydrolysis) is 1. The fraction of sp³-hybridized carbons (Fsp3) is 0.444. The Hall–Kier alpha value is -3.39. The van der Waals surface area contributed by atoms with Gasteiger partial charge >= 0.3 is 12.1 Å². The van der Waals surface area contributed by atoms with Gasteiger partial charge in [-0.3, -0.25) is 9.59 Å². The Morgan fingerprint density at radius 2 is 1.63 bits per heavy atom. The summed E-state index contributed by atoms with van der Waals surface area (Å²) in [6, 6.07) is 16.1. The Balaban J connectivity index is 1.05. The molecule has 0 saturated heterocycles. The van der Waals surface area contributed by atoms with Gasteiger partial charge in [0.05, 0.1) is 18.4 Å². The first-order valence-electron chi connectivity index (χ1n) is 12.2. The van der Waals surface area contributed by atoms with Crippen molar-refractivity contribution in [3.05, 3.63) is 59.7 Å². The Morgan fingerprint density at radius 3 is 2.29 bits per heavy atom. The highest BCUT2D eigenvalue weighted by atomic mass is 16.5. The average molecular weight is 479 g/mol. The lowest BCUT2D eigenvalue weighted by Crippen LogP contribution is -2.51. The normalized spacial score (nSPS) is 24.9. The van der Waals surface area contributed by atoms with E-state index in [0.717, 1.165) is 28.7 Å². The molecule has 3 aliphatic carbocycles. The molecule has 184 valence electrons. The van der Waals surface area contributed by atoms with Gasteiger partial charge in [0, 0.05) is 18.5 Å². The van der Waals surface area contributed by atoms with Crippen molar-refractivity contribution in [3.8, 4) is 11.1 Å². The molecule has 2 unspecified atom stereocenters. The molecule has 35 heavy (non-hydrogen) atoms. The van der Waals surface area contributed by atoms with Gasteiger partial charge in [0.2, 0.25) is 5.91 Å². The molecule has 0 aliphatic heterocycles. The molecule has 0 aromatic heterocycles. The van der Waals surface area contributed by atoms with Crippen molar-refractivity contribution >= 4 is 18.0 Å². The first kappa shape index (κ1) is 23.4. The van der Waals surface area contributed by atoms with E-state index < -0.39 is 18.2 Å². The molecule has 2 saturated carbocycles. The fourth-order valence-corrected chi connectivity index (χ4v) is 6.00. The van der Waals surface area contributed by atoms with E-state index in [2.05, 4.69) is 22.8 Å². The van der Waals surface area contributed by atoms with E-state index in [0.29, 0.717) is 18.8 Å². The van der Waals surface area contributed by atoms with Crippen LogP contribution in [-0.4, -0.2) is 53.5 Å². The van der Waals surface area contributed by atoms with Crippen molar-refractivity contribution < 1.29 is 29.3 Å². The average Bonchev–Trinajstić information content (AvgIpc) is 3.35. The number of fused-ring (bicyclic) bond motifs is 4. The topological polar surface area (TPSA) is 125 Å². The summed E-state index contributed by atoms with van der Waals surface area (Å²) in [5.74, 6) is -0.865. The number of aliphatic carboxylic acids is 1. The number of hydrogen-bond donors (Lipinski definition) is 4. The molecular formula is C27H30N2O6. The second kappa shape index (κ2) is 9.70. The third-order valence-corrected chi connectivity index (χ3v) is 7.77. The van der Waals surface area contributed by atoms with Gasteiger partial charge in [-0.15, -0.1) is 0 Å². The van der Waals surface area contributed by atoms with Crippen LogP contribution in [0.25, 0.3) is 11.1 Å². The molecule has 4 N–H and O–H groups in total. The largest absolute Gasteiger partial charge is 0.481 e. The lowest BCUT2D eigenvalue weighted by molar-refractivity contribution is -0.141. The molecule has 8 nitrogen and oxygen atoms in total. The number of amides is 2. The van der Waals surface area contributed by atoms with Gasteiger partial charge in [-0.25, -0.2) is 4.79 Å². The molecule has 8 heteroatoms. The van der Waals surface area contributed by atoms with Gasteiger partial charge in [-0.2, -0.15) is 0 Å². The van der Waals surface area contributed by atoms with Crippen LogP contribution in [0.1, 0.15) is 42.7 Å². The highest BCUT2D eigenvalue weighted by Gasteiger charge is 2.49. The van der Waals surface area contributed by atoms with Crippen LogP contribution in [-0.2, 0) is 14.3 Å². The summed E-state index contributed by atoms with van der Waals surface area (Å²) >= 11 is 0. The third-order valence-electron chi connectivity index (χ3n) is 7.77. The molecule has 2 fully saturated rings. The summed E-state index contributed by atoms with van der Waals surface area (Å²) in [4.78, 5) is 35.8. The van der Waals surface area contributed by atoms with Crippen molar-refractivity contribution in [2.24, 2.45) is 17.8 Å². The Kier molecular flexibility index (Phi) is 6.47. The number of carbonyl (C=O) groups excluding carboxylic acids is 2. The van der Waals surface area contributed by atoms with Gasteiger partial charge < -0.3 is 25.6 Å². The first-order valence-corrected chi connectivity index (χ1v) is 12.2. The summed E-state index contributed by atoms with van der Waals surface area (Å²) in [7, 11) is 0. The molecule has 5 rings (SSSR count). The Bertz CT molecular complexity index is 1090. The molecule has 0 heterocycles. The zero-order valence-corrected chi connectivity index (χ0v) is 19.4. The van der Waals surface area contributed by atoms with Crippen molar-refractivity contribution in [1.29, 1.82) is 0 Å². The van der Waals surface area contributed by atoms with Crippen molar-refractivity contribution in [2.75, 3.05) is 13.2 Å². The predicted molar refractivity (Wildman–Crippen MR) is 128 cm³/mol. The smallest absolute Gasteiger partial charge is 0.407 e. The van der Waals surface area contributed by atoms with E-state index in [1.165, 1.54) is 0 Å².